The summed E-state index contributed by atoms with van der Waals surface area (Å²) in [7, 11) is 1.40. The van der Waals surface area contributed by atoms with Crippen LogP contribution in [-0.4, -0.2) is 35.1 Å². The van der Waals surface area contributed by atoms with Crippen molar-refractivity contribution in [1.29, 1.82) is 0 Å². The first-order chi connectivity index (χ1) is 17.3. The van der Waals surface area contributed by atoms with Crippen LogP contribution in [0.25, 0.3) is 10.4 Å². The summed E-state index contributed by atoms with van der Waals surface area (Å²) in [5.41, 5.74) is 2.93. The number of nitrogens with zero attached hydrogens (tertiary/aromatic N) is 1. The first kappa shape index (κ1) is 27.8. The van der Waals surface area contributed by atoms with Gasteiger partial charge in [0.1, 0.15) is 0 Å². The van der Waals surface area contributed by atoms with Crippen molar-refractivity contribution in [1.82, 2.24) is 10.3 Å². The number of carbonyl (C=O) groups excluding carboxylic acids is 2. The van der Waals surface area contributed by atoms with Gasteiger partial charge in [0.05, 0.1) is 29.2 Å². The van der Waals surface area contributed by atoms with Crippen LogP contribution in [0.1, 0.15) is 106 Å². The van der Waals surface area contributed by atoms with Gasteiger partial charge in [-0.05, 0) is 73.3 Å². The predicted octanol–water partition coefficient (Wildman–Crippen LogP) is 6.14. The fraction of sp³-hybridized carbons (Fsp3) is 0.633. The Balaban J connectivity index is 1.67. The van der Waals surface area contributed by atoms with E-state index in [1.807, 2.05) is 13.8 Å². The molecule has 2 N–H and O–H groups in total. The fourth-order valence-corrected chi connectivity index (χ4v) is 6.35. The van der Waals surface area contributed by atoms with Crippen molar-refractivity contribution in [3.63, 3.8) is 0 Å². The van der Waals surface area contributed by atoms with Crippen LogP contribution in [0.3, 0.4) is 0 Å². The Bertz CT molecular complexity index is 1100. The minimum absolute atomic E-state index is 0.0308. The molecule has 1 heterocycles. The van der Waals surface area contributed by atoms with Crippen LogP contribution in [0.5, 0.6) is 0 Å². The number of methoxy groups -OCH3 is 1. The number of aliphatic hydroxyl groups is 1. The zero-order chi connectivity index (χ0) is 27.0. The highest BCUT2D eigenvalue weighted by molar-refractivity contribution is 7.17. The van der Waals surface area contributed by atoms with Gasteiger partial charge in [-0.3, -0.25) is 9.59 Å². The van der Waals surface area contributed by atoms with Crippen molar-refractivity contribution < 1.29 is 19.4 Å². The molecule has 1 aromatic heterocycles. The SMILES string of the molecule is COC(=O)C1CC(NC(=O)c2nc(CC3CCCCC3)c(-c3cc(C(C)(C)C)cc(C(C)(C)O)c3)s2)C1. The molecule has 4 rings (SSSR count). The number of esters is 1. The number of aromatic nitrogens is 1. The summed E-state index contributed by atoms with van der Waals surface area (Å²) in [6, 6.07) is 6.31. The molecule has 0 aliphatic heterocycles. The van der Waals surface area contributed by atoms with Gasteiger partial charge >= 0.3 is 5.97 Å². The normalized spacial score (nSPS) is 20.8. The lowest BCUT2D eigenvalue weighted by Crippen LogP contribution is -2.47. The lowest BCUT2D eigenvalue weighted by molar-refractivity contribution is -0.149. The van der Waals surface area contributed by atoms with Gasteiger partial charge in [0.25, 0.3) is 5.91 Å². The quantitative estimate of drug-likeness (QED) is 0.423. The summed E-state index contributed by atoms with van der Waals surface area (Å²) in [5.74, 6) is 0.0595. The molecule has 0 unspecified atom stereocenters. The van der Waals surface area contributed by atoms with E-state index in [1.54, 1.807) is 0 Å². The van der Waals surface area contributed by atoms with E-state index in [1.165, 1.54) is 50.6 Å². The van der Waals surface area contributed by atoms with E-state index in [9.17, 15) is 14.7 Å². The van der Waals surface area contributed by atoms with Gasteiger partial charge in [0, 0.05) is 6.04 Å². The second-order valence-electron chi connectivity index (χ2n) is 12.5. The maximum Gasteiger partial charge on any atom is 0.308 e. The standard InChI is InChI=1S/C30H42N2O4S/c1-29(2,3)21-13-19(14-22(17-21)30(4,5)35)25-24(12-18-10-8-7-9-11-18)32-27(37-25)26(33)31-23-15-20(16-23)28(34)36-6/h13-14,17-18,20,23,35H,7-12,15-16H2,1-6H3,(H,31,33). The Kier molecular flexibility index (Phi) is 8.15. The highest BCUT2D eigenvalue weighted by Gasteiger charge is 2.37. The first-order valence-electron chi connectivity index (χ1n) is 13.6. The van der Waals surface area contributed by atoms with Crippen molar-refractivity contribution in [3.8, 4) is 10.4 Å². The van der Waals surface area contributed by atoms with Gasteiger partial charge in [-0.25, -0.2) is 4.98 Å². The second kappa shape index (κ2) is 10.9. The predicted molar refractivity (Wildman–Crippen MR) is 148 cm³/mol. The van der Waals surface area contributed by atoms with Gasteiger partial charge in [0.15, 0.2) is 5.01 Å². The summed E-state index contributed by atoms with van der Waals surface area (Å²) < 4.78 is 4.82. The molecular formula is C30H42N2O4S. The molecule has 1 aromatic carbocycles. The van der Waals surface area contributed by atoms with E-state index in [-0.39, 0.29) is 29.3 Å². The van der Waals surface area contributed by atoms with E-state index in [0.29, 0.717) is 23.8 Å². The number of nitrogens with one attached hydrogen (secondary N) is 1. The molecule has 0 spiro atoms. The Morgan fingerprint density at radius 2 is 1.70 bits per heavy atom. The van der Waals surface area contributed by atoms with Crippen LogP contribution in [-0.2, 0) is 27.0 Å². The molecule has 2 aliphatic carbocycles. The molecule has 7 heteroatoms. The molecule has 1 amide bonds. The summed E-state index contributed by atoms with van der Waals surface area (Å²) in [4.78, 5) is 30.9. The van der Waals surface area contributed by atoms with Crippen molar-refractivity contribution in [2.24, 2.45) is 11.8 Å². The maximum absolute atomic E-state index is 13.2. The average Bonchev–Trinajstić information content (AvgIpc) is 3.23. The second-order valence-corrected chi connectivity index (χ2v) is 13.5. The van der Waals surface area contributed by atoms with Gasteiger partial charge in [-0.1, -0.05) is 58.9 Å². The van der Waals surface area contributed by atoms with Gasteiger partial charge in [0.2, 0.25) is 0 Å². The smallest absolute Gasteiger partial charge is 0.308 e. The molecule has 0 radical (unpaired) electrons. The summed E-state index contributed by atoms with van der Waals surface area (Å²) in [5, 5.41) is 14.4. The van der Waals surface area contributed by atoms with Gasteiger partial charge in [-0.2, -0.15) is 0 Å². The van der Waals surface area contributed by atoms with Crippen LogP contribution in [0.4, 0.5) is 0 Å². The monoisotopic (exact) mass is 526 g/mol. The van der Waals surface area contributed by atoms with E-state index >= 15 is 0 Å². The van der Waals surface area contributed by atoms with E-state index in [0.717, 1.165) is 33.7 Å². The molecule has 2 saturated carbocycles. The van der Waals surface area contributed by atoms with E-state index in [2.05, 4.69) is 44.3 Å². The Morgan fingerprint density at radius 1 is 1.05 bits per heavy atom. The number of thiazole rings is 1. The molecule has 0 atom stereocenters. The third-order valence-corrected chi connectivity index (χ3v) is 9.02. The average molecular weight is 527 g/mol. The summed E-state index contributed by atoms with van der Waals surface area (Å²) in [6.07, 6.45) is 8.28. The summed E-state index contributed by atoms with van der Waals surface area (Å²) >= 11 is 1.44. The third-order valence-electron chi connectivity index (χ3n) is 7.87. The van der Waals surface area contributed by atoms with Crippen LogP contribution in [0.15, 0.2) is 18.2 Å². The maximum atomic E-state index is 13.2. The lowest BCUT2D eigenvalue weighted by atomic mass is 9.80. The zero-order valence-electron chi connectivity index (χ0n) is 23.1. The van der Waals surface area contributed by atoms with Crippen LogP contribution in [0.2, 0.25) is 0 Å². The number of hydrogen-bond donors (Lipinski definition) is 2. The number of carbonyl (C=O) groups is 2. The Hall–Kier alpha value is -2.25. The van der Waals surface area contributed by atoms with E-state index < -0.39 is 5.60 Å². The zero-order valence-corrected chi connectivity index (χ0v) is 24.0. The molecule has 0 bridgehead atoms. The minimum Gasteiger partial charge on any atom is -0.469 e. The van der Waals surface area contributed by atoms with Crippen molar-refractivity contribution in [3.05, 3.63) is 40.0 Å². The lowest BCUT2D eigenvalue weighted by Gasteiger charge is -2.33. The molecule has 2 aromatic rings. The summed E-state index contributed by atoms with van der Waals surface area (Å²) in [6.45, 7) is 10.2. The number of hydrogen-bond acceptors (Lipinski definition) is 6. The third kappa shape index (κ3) is 6.61. The number of ether oxygens (including phenoxy) is 1. The minimum atomic E-state index is -0.981. The van der Waals surface area contributed by atoms with Gasteiger partial charge < -0.3 is 15.2 Å². The van der Waals surface area contributed by atoms with Crippen molar-refractivity contribution in [2.45, 2.75) is 103 Å². The van der Waals surface area contributed by atoms with Crippen LogP contribution in [0, 0.1) is 11.8 Å². The van der Waals surface area contributed by atoms with Gasteiger partial charge in [-0.15, -0.1) is 11.3 Å². The Morgan fingerprint density at radius 3 is 2.30 bits per heavy atom. The molecule has 202 valence electrons. The van der Waals surface area contributed by atoms with Crippen LogP contribution < -0.4 is 5.32 Å². The number of rotatable bonds is 7. The molecule has 6 nitrogen and oxygen atoms in total. The molecule has 2 fully saturated rings. The molecular weight excluding hydrogens is 484 g/mol. The Labute approximate surface area is 225 Å². The fourth-order valence-electron chi connectivity index (χ4n) is 5.36. The van der Waals surface area contributed by atoms with Crippen molar-refractivity contribution >= 4 is 23.2 Å². The van der Waals surface area contributed by atoms with Crippen LogP contribution >= 0.6 is 11.3 Å². The highest BCUT2D eigenvalue weighted by atomic mass is 32.1. The topological polar surface area (TPSA) is 88.5 Å². The number of amides is 1. The first-order valence-corrected chi connectivity index (χ1v) is 14.4. The molecule has 37 heavy (non-hydrogen) atoms. The largest absolute Gasteiger partial charge is 0.469 e. The van der Waals surface area contributed by atoms with Crippen molar-refractivity contribution in [2.75, 3.05) is 7.11 Å². The molecule has 0 saturated heterocycles. The number of benzene rings is 1. The molecule has 2 aliphatic rings. The highest BCUT2D eigenvalue weighted by Crippen LogP contribution is 2.39. The van der Waals surface area contributed by atoms with E-state index in [4.69, 9.17) is 9.72 Å².